The van der Waals surface area contributed by atoms with Crippen molar-refractivity contribution in [3.05, 3.63) is 159 Å². The van der Waals surface area contributed by atoms with Crippen LogP contribution in [0.3, 0.4) is 0 Å². The van der Waals surface area contributed by atoms with Crippen molar-refractivity contribution in [3.63, 3.8) is 0 Å². The molecule has 4 heterocycles. The van der Waals surface area contributed by atoms with Crippen molar-refractivity contribution in [3.8, 4) is 17.8 Å². The van der Waals surface area contributed by atoms with E-state index in [9.17, 15) is 9.65 Å². The number of nitrogens with zero attached hydrogens (tertiary/aromatic N) is 7. The quantitative estimate of drug-likeness (QED) is 0.179. The normalized spacial score (nSPS) is 11.0. The number of imidazole rings is 4. The molecule has 0 aliphatic carbocycles. The highest BCUT2D eigenvalue weighted by molar-refractivity contribution is 9.10. The fraction of sp³-hybridized carbons (Fsp3) is 0. The van der Waals surface area contributed by atoms with Crippen LogP contribution in [-0.2, 0) is 0 Å². The number of H-pyrrole nitrogens is 1. The number of fused-ring (bicyclic) bond motifs is 10. The zero-order valence-electron chi connectivity index (χ0n) is 26.5. The number of hydrogen-bond acceptors (Lipinski definition) is 4. The van der Waals surface area contributed by atoms with Gasteiger partial charge < -0.3 is 4.98 Å². The minimum Gasteiger partial charge on any atom is -0.323 e. The summed E-state index contributed by atoms with van der Waals surface area (Å²) in [7, 11) is 0. The second kappa shape index (κ2) is 13.2. The molecule has 11 heteroatoms. The molecule has 0 spiro atoms. The van der Waals surface area contributed by atoms with E-state index in [1.165, 1.54) is 11.6 Å². The monoisotopic (exact) mass is 792 g/mol. The minimum atomic E-state index is -0.495. The maximum atomic E-state index is 12.7. The first-order valence-electron chi connectivity index (χ1n) is 15.7. The molecule has 1 N–H and O–H groups in total. The van der Waals surface area contributed by atoms with E-state index >= 15 is 0 Å². The summed E-state index contributed by atoms with van der Waals surface area (Å²) in [5.74, 6) is 1.21. The minimum absolute atomic E-state index is 0.0642. The second-order valence-corrected chi connectivity index (χ2v) is 13.1. The topological polar surface area (TPSA) is 103 Å². The van der Waals surface area contributed by atoms with Crippen LogP contribution in [0, 0.1) is 28.5 Å². The van der Waals surface area contributed by atoms with Crippen LogP contribution in [0.15, 0.2) is 142 Å². The van der Waals surface area contributed by atoms with Crippen molar-refractivity contribution >= 4 is 87.5 Å². The number of aromatic amines is 1. The lowest BCUT2D eigenvalue weighted by molar-refractivity contribution is 0.617. The highest BCUT2D eigenvalue weighted by Gasteiger charge is 2.20. The largest absolute Gasteiger partial charge is 0.323 e. The fourth-order valence-electron chi connectivity index (χ4n) is 6.24. The third-order valence-electron chi connectivity index (χ3n) is 8.46. The molecule has 51 heavy (non-hydrogen) atoms. The number of halogens is 3. The molecular weight excluding hydrogens is 771 g/mol. The summed E-state index contributed by atoms with van der Waals surface area (Å²) in [6.07, 6.45) is 0. The number of hydrogen-bond donors (Lipinski definition) is 1. The number of nitriles is 2. The van der Waals surface area contributed by atoms with Crippen molar-refractivity contribution in [1.29, 1.82) is 10.5 Å². The van der Waals surface area contributed by atoms with Crippen LogP contribution < -0.4 is 0 Å². The van der Waals surface area contributed by atoms with Crippen molar-refractivity contribution in [2.45, 2.75) is 0 Å². The summed E-state index contributed by atoms with van der Waals surface area (Å²) in [6, 6.07) is 46.9. The van der Waals surface area contributed by atoms with Gasteiger partial charge in [-0.2, -0.15) is 10.5 Å². The molecule has 0 aliphatic heterocycles. The van der Waals surface area contributed by atoms with E-state index in [2.05, 4.69) is 97.7 Å². The average molecular weight is 794 g/mol. The van der Waals surface area contributed by atoms with Gasteiger partial charge in [0.1, 0.15) is 12.1 Å². The highest BCUT2D eigenvalue weighted by Crippen LogP contribution is 2.33. The molecular formula is C40H23Br2FN8. The van der Waals surface area contributed by atoms with Crippen LogP contribution in [0.4, 0.5) is 4.39 Å². The van der Waals surface area contributed by atoms with Crippen molar-refractivity contribution in [2.75, 3.05) is 0 Å². The molecule has 0 aliphatic rings. The molecule has 244 valence electrons. The Balaban J connectivity index is 0.000000123. The van der Waals surface area contributed by atoms with Crippen LogP contribution in [0.1, 0.15) is 11.1 Å². The molecule has 0 amide bonds. The first kappa shape index (κ1) is 32.0. The lowest BCUT2D eigenvalue weighted by Crippen LogP contribution is -1.99. The number of rotatable bonds is 1. The lowest BCUT2D eigenvalue weighted by Gasteiger charge is -2.09. The number of benzene rings is 6. The fourth-order valence-corrected chi connectivity index (χ4v) is 7.15. The standard InChI is InChI=1S/C20H11BrN4.C13H9N3.C7H3BrFN/c21-14-7-5-6-13(12-22)19(14)25-18-11-4-3-10-17(18)24-16-9-2-1-8-15(16)23-20(24)25;1-3-7-11-9(5-1)14-13-15-10-6-2-4-8-12(10)16(11)13;8-6-3-1-2-5(4-10)7(6)9/h1-11H;1-8H,(H,14,15);1-3H. The van der Waals surface area contributed by atoms with E-state index in [-0.39, 0.29) is 5.56 Å². The maximum absolute atomic E-state index is 12.7. The third kappa shape index (κ3) is 5.49. The highest BCUT2D eigenvalue weighted by atomic mass is 79.9. The first-order chi connectivity index (χ1) is 25.0. The second-order valence-electron chi connectivity index (χ2n) is 11.4. The summed E-state index contributed by atoms with van der Waals surface area (Å²) in [4.78, 5) is 12.7. The van der Waals surface area contributed by atoms with Gasteiger partial charge in [-0.25, -0.2) is 14.4 Å². The Hall–Kier alpha value is -6.27. The zero-order valence-corrected chi connectivity index (χ0v) is 29.6. The van der Waals surface area contributed by atoms with Crippen molar-refractivity contribution in [2.24, 2.45) is 0 Å². The number of aromatic nitrogens is 6. The predicted octanol–water partition coefficient (Wildman–Crippen LogP) is 10.5. The van der Waals surface area contributed by atoms with Crippen molar-refractivity contribution < 1.29 is 4.39 Å². The molecule has 6 aromatic carbocycles. The van der Waals surface area contributed by atoms with Gasteiger partial charge in [0, 0.05) is 4.47 Å². The molecule has 4 aromatic heterocycles. The molecule has 0 saturated carbocycles. The molecule has 0 bridgehead atoms. The Labute approximate surface area is 306 Å². The van der Waals surface area contributed by atoms with Gasteiger partial charge in [0.25, 0.3) is 0 Å². The zero-order chi connectivity index (χ0) is 35.1. The van der Waals surface area contributed by atoms with E-state index in [0.29, 0.717) is 10.0 Å². The third-order valence-corrected chi connectivity index (χ3v) is 9.71. The van der Waals surface area contributed by atoms with Gasteiger partial charge in [-0.3, -0.25) is 13.4 Å². The Morgan fingerprint density at radius 1 is 0.549 bits per heavy atom. The SMILES string of the molecule is N#Cc1cccc(Br)c1-n1c2ccccc2n2c3ccccc3nc12.N#Cc1cccc(Br)c1F.c1ccc2c(c1)nc1[nH]c3ccccc3n12. The van der Waals surface area contributed by atoms with Gasteiger partial charge in [0.2, 0.25) is 11.6 Å². The van der Waals surface area contributed by atoms with Gasteiger partial charge in [-0.15, -0.1) is 0 Å². The Morgan fingerprint density at radius 3 is 1.78 bits per heavy atom. The van der Waals surface area contributed by atoms with Gasteiger partial charge in [-0.1, -0.05) is 60.7 Å². The number of nitrogens with one attached hydrogen (secondary N) is 1. The molecule has 0 saturated heterocycles. The van der Waals surface area contributed by atoms with Crippen LogP contribution >= 0.6 is 31.9 Å². The Bertz CT molecular complexity index is 2950. The molecule has 10 rings (SSSR count). The first-order valence-corrected chi connectivity index (χ1v) is 17.3. The average Bonchev–Trinajstić information content (AvgIpc) is 3.90. The smallest absolute Gasteiger partial charge is 0.220 e. The number of para-hydroxylation sites is 9. The molecule has 0 atom stereocenters. The summed E-state index contributed by atoms with van der Waals surface area (Å²) < 4.78 is 20.3. The van der Waals surface area contributed by atoms with Crippen LogP contribution in [0.25, 0.3) is 61.4 Å². The summed E-state index contributed by atoms with van der Waals surface area (Å²) >= 11 is 6.58. The Morgan fingerprint density at radius 2 is 1.10 bits per heavy atom. The van der Waals surface area contributed by atoms with Crippen molar-refractivity contribution in [1.82, 2.24) is 28.3 Å². The Kier molecular flexibility index (Phi) is 8.28. The lowest BCUT2D eigenvalue weighted by atomic mass is 10.2. The van der Waals surface area contributed by atoms with Gasteiger partial charge in [-0.05, 0) is 105 Å². The molecule has 8 nitrogen and oxygen atoms in total. The summed E-state index contributed by atoms with van der Waals surface area (Å²) in [5.41, 5.74) is 10.0. The summed E-state index contributed by atoms with van der Waals surface area (Å²) in [5, 5.41) is 17.9. The van der Waals surface area contributed by atoms with E-state index in [1.54, 1.807) is 18.2 Å². The van der Waals surface area contributed by atoms with E-state index in [1.807, 2.05) is 78.9 Å². The van der Waals surface area contributed by atoms with E-state index in [0.717, 1.165) is 60.3 Å². The van der Waals surface area contributed by atoms with E-state index < -0.39 is 5.82 Å². The molecule has 0 radical (unpaired) electrons. The van der Waals surface area contributed by atoms with Gasteiger partial charge in [0.15, 0.2) is 5.82 Å². The van der Waals surface area contributed by atoms with Crippen LogP contribution in [-0.4, -0.2) is 28.3 Å². The molecule has 10 aromatic rings. The van der Waals surface area contributed by atoms with E-state index in [4.69, 9.17) is 10.2 Å². The summed E-state index contributed by atoms with van der Waals surface area (Å²) in [6.45, 7) is 0. The van der Waals surface area contributed by atoms with Crippen LogP contribution in [0.5, 0.6) is 0 Å². The maximum Gasteiger partial charge on any atom is 0.220 e. The predicted molar refractivity (Wildman–Crippen MR) is 205 cm³/mol. The van der Waals surface area contributed by atoms with Gasteiger partial charge in [0.05, 0.1) is 65.4 Å². The van der Waals surface area contributed by atoms with Crippen LogP contribution in [0.2, 0.25) is 0 Å². The molecule has 0 fully saturated rings. The van der Waals surface area contributed by atoms with Gasteiger partial charge >= 0.3 is 0 Å². The molecule has 0 unspecified atom stereocenters.